The standard InChI is InChI=1S/C17H27NO2/c1-12-6-7-17-15(10-12)16(5-4-8-20-17)18-11-13(2)9-14(3)19/h6-7,10,13-14,16,18-19H,4-5,8-9,11H2,1-3H3. The van der Waals surface area contributed by atoms with Crippen LogP contribution in [-0.2, 0) is 0 Å². The van der Waals surface area contributed by atoms with Crippen molar-refractivity contribution < 1.29 is 9.84 Å². The Balaban J connectivity index is 2.03. The van der Waals surface area contributed by atoms with Crippen molar-refractivity contribution in [3.8, 4) is 5.75 Å². The summed E-state index contributed by atoms with van der Waals surface area (Å²) in [5, 5.41) is 13.1. The molecule has 0 saturated heterocycles. The lowest BCUT2D eigenvalue weighted by atomic mass is 9.98. The first-order valence-electron chi connectivity index (χ1n) is 7.71. The number of ether oxygens (including phenoxy) is 1. The SMILES string of the molecule is Cc1ccc2c(c1)C(NCC(C)CC(C)O)CCCO2. The minimum absolute atomic E-state index is 0.223. The molecule has 0 radical (unpaired) electrons. The average Bonchev–Trinajstić information content (AvgIpc) is 2.57. The molecule has 20 heavy (non-hydrogen) atoms. The lowest BCUT2D eigenvalue weighted by Crippen LogP contribution is -2.27. The summed E-state index contributed by atoms with van der Waals surface area (Å²) in [6.07, 6.45) is 2.81. The van der Waals surface area contributed by atoms with E-state index in [0.29, 0.717) is 12.0 Å². The minimum Gasteiger partial charge on any atom is -0.493 e. The fourth-order valence-electron chi connectivity index (χ4n) is 2.92. The average molecular weight is 277 g/mol. The quantitative estimate of drug-likeness (QED) is 0.868. The second kappa shape index (κ2) is 7.09. The third kappa shape index (κ3) is 4.22. The molecule has 0 fully saturated rings. The van der Waals surface area contributed by atoms with Crippen LogP contribution in [0.3, 0.4) is 0 Å². The van der Waals surface area contributed by atoms with Gasteiger partial charge in [0.1, 0.15) is 5.75 Å². The second-order valence-corrected chi connectivity index (χ2v) is 6.18. The Labute approximate surface area is 122 Å². The minimum atomic E-state index is -0.223. The summed E-state index contributed by atoms with van der Waals surface area (Å²) in [7, 11) is 0. The summed E-state index contributed by atoms with van der Waals surface area (Å²) in [6, 6.07) is 6.79. The number of nitrogens with one attached hydrogen (secondary N) is 1. The number of aliphatic hydroxyl groups is 1. The number of aryl methyl sites for hydroxylation is 1. The van der Waals surface area contributed by atoms with Crippen molar-refractivity contribution in [1.82, 2.24) is 5.32 Å². The highest BCUT2D eigenvalue weighted by atomic mass is 16.5. The number of fused-ring (bicyclic) bond motifs is 1. The third-order valence-electron chi connectivity index (χ3n) is 3.89. The van der Waals surface area contributed by atoms with Gasteiger partial charge in [0, 0.05) is 11.6 Å². The molecule has 1 heterocycles. The van der Waals surface area contributed by atoms with E-state index >= 15 is 0 Å². The van der Waals surface area contributed by atoms with Gasteiger partial charge >= 0.3 is 0 Å². The predicted octanol–water partition coefficient (Wildman–Crippen LogP) is 3.21. The Bertz CT molecular complexity index is 431. The van der Waals surface area contributed by atoms with Gasteiger partial charge in [-0.15, -0.1) is 0 Å². The first-order chi connectivity index (χ1) is 9.56. The van der Waals surface area contributed by atoms with Crippen LogP contribution in [0.2, 0.25) is 0 Å². The van der Waals surface area contributed by atoms with E-state index in [1.165, 1.54) is 11.1 Å². The maximum atomic E-state index is 9.45. The first-order valence-corrected chi connectivity index (χ1v) is 7.71. The summed E-state index contributed by atoms with van der Waals surface area (Å²) in [5.41, 5.74) is 2.56. The molecule has 2 N–H and O–H groups in total. The van der Waals surface area contributed by atoms with Gasteiger partial charge in [0.05, 0.1) is 12.7 Å². The van der Waals surface area contributed by atoms with Crippen molar-refractivity contribution in [3.05, 3.63) is 29.3 Å². The number of hydrogen-bond donors (Lipinski definition) is 2. The molecule has 0 spiro atoms. The molecule has 3 atom stereocenters. The molecule has 3 nitrogen and oxygen atoms in total. The van der Waals surface area contributed by atoms with Crippen LogP contribution in [0.25, 0.3) is 0 Å². The molecule has 1 aromatic carbocycles. The van der Waals surface area contributed by atoms with E-state index in [9.17, 15) is 5.11 Å². The summed E-state index contributed by atoms with van der Waals surface area (Å²) in [4.78, 5) is 0. The highest BCUT2D eigenvalue weighted by Crippen LogP contribution is 2.32. The molecular formula is C17H27NO2. The first kappa shape index (κ1) is 15.3. The van der Waals surface area contributed by atoms with Gasteiger partial charge in [-0.1, -0.05) is 24.6 Å². The summed E-state index contributed by atoms with van der Waals surface area (Å²) < 4.78 is 5.83. The van der Waals surface area contributed by atoms with Gasteiger partial charge in [0.15, 0.2) is 0 Å². The molecule has 0 aliphatic carbocycles. The van der Waals surface area contributed by atoms with E-state index in [-0.39, 0.29) is 6.10 Å². The van der Waals surface area contributed by atoms with E-state index in [4.69, 9.17) is 4.74 Å². The van der Waals surface area contributed by atoms with Crippen molar-refractivity contribution in [2.24, 2.45) is 5.92 Å². The Morgan fingerprint density at radius 1 is 1.40 bits per heavy atom. The largest absolute Gasteiger partial charge is 0.493 e. The maximum absolute atomic E-state index is 9.45. The van der Waals surface area contributed by atoms with Crippen LogP contribution in [0.1, 0.15) is 50.3 Å². The monoisotopic (exact) mass is 277 g/mol. The van der Waals surface area contributed by atoms with Crippen LogP contribution in [0.4, 0.5) is 0 Å². The van der Waals surface area contributed by atoms with Gasteiger partial charge in [-0.05, 0) is 51.6 Å². The van der Waals surface area contributed by atoms with Gasteiger partial charge in [-0.25, -0.2) is 0 Å². The van der Waals surface area contributed by atoms with Gasteiger partial charge in [-0.3, -0.25) is 0 Å². The van der Waals surface area contributed by atoms with E-state index in [1.54, 1.807) is 0 Å². The molecule has 0 saturated carbocycles. The van der Waals surface area contributed by atoms with E-state index in [1.807, 2.05) is 6.92 Å². The van der Waals surface area contributed by atoms with Crippen molar-refractivity contribution in [1.29, 1.82) is 0 Å². The van der Waals surface area contributed by atoms with Crippen molar-refractivity contribution in [2.75, 3.05) is 13.2 Å². The lowest BCUT2D eigenvalue weighted by Gasteiger charge is -2.22. The fraction of sp³-hybridized carbons (Fsp3) is 0.647. The molecule has 2 rings (SSSR count). The van der Waals surface area contributed by atoms with Gasteiger partial charge in [0.2, 0.25) is 0 Å². The van der Waals surface area contributed by atoms with Crippen molar-refractivity contribution in [2.45, 2.75) is 52.2 Å². The molecule has 112 valence electrons. The summed E-state index contributed by atoms with van der Waals surface area (Å²) in [6.45, 7) is 7.90. The van der Waals surface area contributed by atoms with Crippen LogP contribution < -0.4 is 10.1 Å². The Hall–Kier alpha value is -1.06. The van der Waals surface area contributed by atoms with Crippen LogP contribution in [0.5, 0.6) is 5.75 Å². The van der Waals surface area contributed by atoms with E-state index in [2.05, 4.69) is 37.4 Å². The van der Waals surface area contributed by atoms with Gasteiger partial charge < -0.3 is 15.2 Å². The molecule has 0 bridgehead atoms. The molecule has 0 amide bonds. The number of benzene rings is 1. The zero-order chi connectivity index (χ0) is 14.5. The molecule has 3 heteroatoms. The number of aliphatic hydroxyl groups excluding tert-OH is 1. The second-order valence-electron chi connectivity index (χ2n) is 6.18. The van der Waals surface area contributed by atoms with E-state index in [0.717, 1.165) is 38.2 Å². The maximum Gasteiger partial charge on any atom is 0.124 e. The van der Waals surface area contributed by atoms with Crippen LogP contribution in [0, 0.1) is 12.8 Å². The van der Waals surface area contributed by atoms with Gasteiger partial charge in [-0.2, -0.15) is 0 Å². The topological polar surface area (TPSA) is 41.5 Å². The molecule has 1 aromatic rings. The van der Waals surface area contributed by atoms with Gasteiger partial charge in [0.25, 0.3) is 0 Å². The Morgan fingerprint density at radius 2 is 2.20 bits per heavy atom. The molecular weight excluding hydrogens is 250 g/mol. The zero-order valence-electron chi connectivity index (χ0n) is 12.9. The van der Waals surface area contributed by atoms with Crippen LogP contribution in [-0.4, -0.2) is 24.4 Å². The number of rotatable bonds is 5. The summed E-state index contributed by atoms with van der Waals surface area (Å²) in [5.74, 6) is 1.50. The molecule has 0 aromatic heterocycles. The van der Waals surface area contributed by atoms with Crippen LogP contribution >= 0.6 is 0 Å². The molecule has 3 unspecified atom stereocenters. The highest BCUT2D eigenvalue weighted by Gasteiger charge is 2.20. The highest BCUT2D eigenvalue weighted by molar-refractivity contribution is 5.39. The Morgan fingerprint density at radius 3 is 2.95 bits per heavy atom. The van der Waals surface area contributed by atoms with Crippen molar-refractivity contribution in [3.63, 3.8) is 0 Å². The van der Waals surface area contributed by atoms with Crippen LogP contribution in [0.15, 0.2) is 18.2 Å². The lowest BCUT2D eigenvalue weighted by molar-refractivity contribution is 0.162. The van der Waals surface area contributed by atoms with Crippen molar-refractivity contribution >= 4 is 0 Å². The molecule has 1 aliphatic rings. The Kier molecular flexibility index (Phi) is 5.44. The number of hydrogen-bond acceptors (Lipinski definition) is 3. The zero-order valence-corrected chi connectivity index (χ0v) is 12.9. The predicted molar refractivity (Wildman–Crippen MR) is 82.1 cm³/mol. The summed E-state index contributed by atoms with van der Waals surface area (Å²) >= 11 is 0. The van der Waals surface area contributed by atoms with E-state index < -0.39 is 0 Å². The smallest absolute Gasteiger partial charge is 0.124 e. The molecule has 1 aliphatic heterocycles. The third-order valence-corrected chi connectivity index (χ3v) is 3.89. The fourth-order valence-corrected chi connectivity index (χ4v) is 2.92. The normalized spacial score (nSPS) is 21.5.